The van der Waals surface area contributed by atoms with Gasteiger partial charge in [0.2, 0.25) is 5.88 Å². The Morgan fingerprint density at radius 1 is 1.07 bits per heavy atom. The first-order valence-corrected chi connectivity index (χ1v) is 9.34. The van der Waals surface area contributed by atoms with Crippen LogP contribution in [0.25, 0.3) is 11.1 Å². The Bertz CT molecular complexity index is 931. The molecule has 0 saturated heterocycles. The molecular weight excluding hydrogens is 368 g/mol. The van der Waals surface area contributed by atoms with Crippen LogP contribution in [-0.4, -0.2) is 36.3 Å². The number of rotatable bonds is 8. The topological polar surface area (TPSA) is 85.4 Å². The van der Waals surface area contributed by atoms with Crippen LogP contribution >= 0.6 is 0 Å². The van der Waals surface area contributed by atoms with Crippen LogP contribution in [0.3, 0.4) is 0 Å². The summed E-state index contributed by atoms with van der Waals surface area (Å²) >= 11 is 0. The molecule has 0 radical (unpaired) electrons. The van der Waals surface area contributed by atoms with Crippen molar-refractivity contribution in [2.24, 2.45) is 0 Å². The van der Waals surface area contributed by atoms with E-state index in [-0.39, 0.29) is 6.03 Å². The summed E-state index contributed by atoms with van der Waals surface area (Å²) in [7, 11) is 1.58. The maximum Gasteiger partial charge on any atom is 0.319 e. The van der Waals surface area contributed by atoms with Crippen molar-refractivity contribution in [3.63, 3.8) is 0 Å². The van der Waals surface area contributed by atoms with Gasteiger partial charge in [-0.25, -0.2) is 9.78 Å². The smallest absolute Gasteiger partial charge is 0.319 e. The van der Waals surface area contributed by atoms with E-state index < -0.39 is 0 Å². The zero-order valence-electron chi connectivity index (χ0n) is 16.5. The van der Waals surface area contributed by atoms with E-state index in [4.69, 9.17) is 9.47 Å². The summed E-state index contributed by atoms with van der Waals surface area (Å²) in [6.45, 7) is 2.98. The molecule has 0 atom stereocenters. The lowest BCUT2D eigenvalue weighted by atomic mass is 10.0. The maximum absolute atomic E-state index is 12.2. The number of urea groups is 1. The zero-order valence-corrected chi connectivity index (χ0v) is 16.5. The van der Waals surface area contributed by atoms with Crippen molar-refractivity contribution in [1.82, 2.24) is 15.3 Å². The Kier molecular flexibility index (Phi) is 7.00. The molecule has 0 aliphatic rings. The molecule has 3 aromatic rings. The monoisotopic (exact) mass is 392 g/mol. The van der Waals surface area contributed by atoms with Gasteiger partial charge in [0.05, 0.1) is 13.7 Å². The van der Waals surface area contributed by atoms with Gasteiger partial charge in [-0.2, -0.15) is 0 Å². The van der Waals surface area contributed by atoms with Crippen LogP contribution in [-0.2, 0) is 0 Å². The lowest BCUT2D eigenvalue weighted by Gasteiger charge is -2.12. The second-order valence-electron chi connectivity index (χ2n) is 6.38. The highest BCUT2D eigenvalue weighted by Crippen LogP contribution is 2.26. The third-order valence-corrected chi connectivity index (χ3v) is 4.29. The van der Waals surface area contributed by atoms with Gasteiger partial charge in [0.1, 0.15) is 5.75 Å². The molecule has 0 aliphatic heterocycles. The third kappa shape index (κ3) is 5.93. The third-order valence-electron chi connectivity index (χ3n) is 4.29. The SMILES string of the molecule is COc1ccc(-c2ccc(C)c(NC(=O)NCCCOc3ccncc3)c2)cn1. The highest BCUT2D eigenvalue weighted by Gasteiger charge is 2.07. The minimum Gasteiger partial charge on any atom is -0.493 e. The fourth-order valence-electron chi connectivity index (χ4n) is 2.67. The van der Waals surface area contributed by atoms with Gasteiger partial charge in [-0.3, -0.25) is 4.98 Å². The normalized spacial score (nSPS) is 10.3. The van der Waals surface area contributed by atoms with Crippen LogP contribution in [0.5, 0.6) is 11.6 Å². The van der Waals surface area contributed by atoms with Crippen molar-refractivity contribution in [3.05, 3.63) is 66.6 Å². The first-order valence-electron chi connectivity index (χ1n) is 9.34. The van der Waals surface area contributed by atoms with E-state index in [0.717, 1.165) is 28.1 Å². The zero-order chi connectivity index (χ0) is 20.5. The number of carbonyl (C=O) groups is 1. The van der Waals surface area contributed by atoms with Crippen molar-refractivity contribution in [3.8, 4) is 22.8 Å². The molecule has 2 N–H and O–H groups in total. The summed E-state index contributed by atoms with van der Waals surface area (Å²) in [5.41, 5.74) is 3.64. The number of amides is 2. The average molecular weight is 392 g/mol. The molecule has 0 saturated carbocycles. The molecule has 7 nitrogen and oxygen atoms in total. The van der Waals surface area contributed by atoms with E-state index in [2.05, 4.69) is 20.6 Å². The van der Waals surface area contributed by atoms with Crippen LogP contribution in [0, 0.1) is 6.92 Å². The van der Waals surface area contributed by atoms with Gasteiger partial charge in [0, 0.05) is 42.5 Å². The van der Waals surface area contributed by atoms with Gasteiger partial charge in [-0.05, 0) is 48.7 Å². The number of benzene rings is 1. The number of aryl methyl sites for hydroxylation is 1. The second kappa shape index (κ2) is 10.1. The number of hydrogen-bond donors (Lipinski definition) is 2. The second-order valence-corrected chi connectivity index (χ2v) is 6.38. The molecule has 0 fully saturated rings. The van der Waals surface area contributed by atoms with Crippen molar-refractivity contribution in [2.75, 3.05) is 25.6 Å². The number of pyridine rings is 2. The Labute approximate surface area is 170 Å². The predicted octanol–water partition coefficient (Wildman–Crippen LogP) is 4.05. The minimum absolute atomic E-state index is 0.248. The number of aromatic nitrogens is 2. The molecule has 1 aromatic carbocycles. The Hall–Kier alpha value is -3.61. The highest BCUT2D eigenvalue weighted by molar-refractivity contribution is 5.91. The van der Waals surface area contributed by atoms with Gasteiger partial charge in [0.25, 0.3) is 0 Å². The minimum atomic E-state index is -0.248. The van der Waals surface area contributed by atoms with E-state index in [1.807, 2.05) is 37.3 Å². The molecule has 3 rings (SSSR count). The van der Waals surface area contributed by atoms with E-state index in [1.165, 1.54) is 0 Å². The fraction of sp³-hybridized carbons (Fsp3) is 0.227. The molecule has 29 heavy (non-hydrogen) atoms. The molecule has 7 heteroatoms. The Balaban J connectivity index is 1.50. The quantitative estimate of drug-likeness (QED) is 0.565. The fourth-order valence-corrected chi connectivity index (χ4v) is 2.67. The largest absolute Gasteiger partial charge is 0.493 e. The molecule has 0 aliphatic carbocycles. The molecule has 150 valence electrons. The van der Waals surface area contributed by atoms with E-state index in [1.54, 1.807) is 37.8 Å². The van der Waals surface area contributed by atoms with Gasteiger partial charge in [0.15, 0.2) is 0 Å². The maximum atomic E-state index is 12.2. The average Bonchev–Trinajstić information content (AvgIpc) is 2.76. The highest BCUT2D eigenvalue weighted by atomic mass is 16.5. The van der Waals surface area contributed by atoms with Crippen molar-refractivity contribution < 1.29 is 14.3 Å². The summed E-state index contributed by atoms with van der Waals surface area (Å²) < 4.78 is 10.7. The molecule has 0 unspecified atom stereocenters. The molecule has 2 amide bonds. The lowest BCUT2D eigenvalue weighted by molar-refractivity contribution is 0.250. The van der Waals surface area contributed by atoms with E-state index >= 15 is 0 Å². The van der Waals surface area contributed by atoms with Crippen LogP contribution in [0.15, 0.2) is 61.1 Å². The number of ether oxygens (including phenoxy) is 2. The number of carbonyl (C=O) groups excluding carboxylic acids is 1. The van der Waals surface area contributed by atoms with Crippen molar-refractivity contribution in [2.45, 2.75) is 13.3 Å². The van der Waals surface area contributed by atoms with Gasteiger partial charge in [-0.1, -0.05) is 12.1 Å². The summed E-state index contributed by atoms with van der Waals surface area (Å²) in [4.78, 5) is 20.4. The molecule has 2 heterocycles. The first-order chi connectivity index (χ1) is 14.2. The molecule has 0 spiro atoms. The summed E-state index contributed by atoms with van der Waals surface area (Å²) in [6.07, 6.45) is 5.81. The van der Waals surface area contributed by atoms with Gasteiger partial charge < -0.3 is 20.1 Å². The summed E-state index contributed by atoms with van der Waals surface area (Å²) in [5.74, 6) is 1.33. The van der Waals surface area contributed by atoms with Crippen LogP contribution in [0.2, 0.25) is 0 Å². The van der Waals surface area contributed by atoms with Crippen LogP contribution in [0.1, 0.15) is 12.0 Å². The standard InChI is InChI=1S/C22H24N4O3/c1-16-4-5-17(18-6-7-21(28-2)25-15-18)14-20(16)26-22(27)24-10-3-13-29-19-8-11-23-12-9-19/h4-9,11-12,14-15H,3,10,13H2,1-2H3,(H2,24,26,27). The van der Waals surface area contributed by atoms with Crippen molar-refractivity contribution >= 4 is 11.7 Å². The number of methoxy groups -OCH3 is 1. The number of anilines is 1. The summed E-state index contributed by atoms with van der Waals surface area (Å²) in [6, 6.07) is 13.0. The van der Waals surface area contributed by atoms with E-state index in [9.17, 15) is 4.79 Å². The van der Waals surface area contributed by atoms with Gasteiger partial charge >= 0.3 is 6.03 Å². The van der Waals surface area contributed by atoms with Gasteiger partial charge in [-0.15, -0.1) is 0 Å². The number of hydrogen-bond acceptors (Lipinski definition) is 5. The van der Waals surface area contributed by atoms with Crippen LogP contribution in [0.4, 0.5) is 10.5 Å². The molecule has 2 aromatic heterocycles. The van der Waals surface area contributed by atoms with Crippen molar-refractivity contribution in [1.29, 1.82) is 0 Å². The lowest BCUT2D eigenvalue weighted by Crippen LogP contribution is -2.30. The Morgan fingerprint density at radius 3 is 2.59 bits per heavy atom. The molecule has 0 bridgehead atoms. The molecular formula is C22H24N4O3. The Morgan fingerprint density at radius 2 is 1.86 bits per heavy atom. The van der Waals surface area contributed by atoms with E-state index in [0.29, 0.717) is 25.5 Å². The summed E-state index contributed by atoms with van der Waals surface area (Å²) in [5, 5.41) is 5.75. The predicted molar refractivity (Wildman–Crippen MR) is 112 cm³/mol. The number of nitrogens with one attached hydrogen (secondary N) is 2. The van der Waals surface area contributed by atoms with Crippen LogP contribution < -0.4 is 20.1 Å². The first kappa shape index (κ1) is 20.1. The number of nitrogens with zero attached hydrogens (tertiary/aromatic N) is 2.